The van der Waals surface area contributed by atoms with E-state index in [1.54, 1.807) is 6.07 Å². The molecule has 4 rings (SSSR count). The van der Waals surface area contributed by atoms with Gasteiger partial charge in [0.05, 0.1) is 4.90 Å². The van der Waals surface area contributed by atoms with Crippen molar-refractivity contribution in [1.29, 1.82) is 0 Å². The average Bonchev–Trinajstić information content (AvgIpc) is 2.79. The van der Waals surface area contributed by atoms with E-state index in [9.17, 15) is 21.6 Å². The SMILES string of the molecule is CN(Cc1ccccc1)CC1CCc2cc(S(=O)(=O)C(F)(F)F)ccc2C1c1ccccc1. The van der Waals surface area contributed by atoms with E-state index >= 15 is 0 Å². The molecule has 0 fully saturated rings. The molecule has 0 aliphatic heterocycles. The number of rotatable bonds is 6. The first-order valence-electron chi connectivity index (χ1n) is 10.9. The average molecular weight is 474 g/mol. The van der Waals surface area contributed by atoms with Crippen molar-refractivity contribution >= 4 is 9.84 Å². The molecule has 0 spiro atoms. The van der Waals surface area contributed by atoms with Crippen molar-refractivity contribution in [2.45, 2.75) is 35.7 Å². The van der Waals surface area contributed by atoms with Crippen LogP contribution in [0.5, 0.6) is 0 Å². The summed E-state index contributed by atoms with van der Waals surface area (Å²) in [5.41, 5.74) is -1.42. The molecule has 0 saturated heterocycles. The zero-order valence-corrected chi connectivity index (χ0v) is 19.1. The lowest BCUT2D eigenvalue weighted by Gasteiger charge is -2.36. The van der Waals surface area contributed by atoms with Crippen molar-refractivity contribution in [2.24, 2.45) is 5.92 Å². The monoisotopic (exact) mass is 473 g/mol. The number of hydrogen-bond acceptors (Lipinski definition) is 3. The van der Waals surface area contributed by atoms with E-state index in [-0.39, 0.29) is 11.8 Å². The van der Waals surface area contributed by atoms with Crippen LogP contribution in [0.3, 0.4) is 0 Å². The first-order chi connectivity index (χ1) is 15.7. The Morgan fingerprint density at radius 2 is 1.58 bits per heavy atom. The lowest BCUT2D eigenvalue weighted by Crippen LogP contribution is -2.33. The Labute approximate surface area is 192 Å². The Bertz CT molecular complexity index is 1200. The zero-order valence-electron chi connectivity index (χ0n) is 18.3. The number of aryl methyl sites for hydroxylation is 1. The third-order valence-corrected chi connectivity index (χ3v) is 7.80. The van der Waals surface area contributed by atoms with E-state index in [4.69, 9.17) is 0 Å². The molecule has 2 unspecified atom stereocenters. The number of nitrogens with zero attached hydrogens (tertiary/aromatic N) is 1. The van der Waals surface area contributed by atoms with Crippen molar-refractivity contribution in [1.82, 2.24) is 4.90 Å². The summed E-state index contributed by atoms with van der Waals surface area (Å²) in [4.78, 5) is 1.59. The number of sulfone groups is 1. The predicted octanol–water partition coefficient (Wildman–Crippen LogP) is 5.81. The summed E-state index contributed by atoms with van der Waals surface area (Å²) >= 11 is 0. The third-order valence-electron chi connectivity index (χ3n) is 6.32. The van der Waals surface area contributed by atoms with Crippen molar-refractivity contribution < 1.29 is 21.6 Å². The molecule has 1 aliphatic carbocycles. The molecular weight excluding hydrogens is 447 g/mol. The molecule has 2 atom stereocenters. The van der Waals surface area contributed by atoms with Gasteiger partial charge in [-0.15, -0.1) is 0 Å². The molecule has 0 amide bonds. The standard InChI is InChI=1S/C26H26F3NO2S/c1-30(17-19-8-4-2-5-9-19)18-22-13-12-21-16-23(33(31,32)26(27,28)29)14-15-24(21)25(22)20-10-6-3-7-11-20/h2-11,14-16,22,25H,12-13,17-18H2,1H3. The fourth-order valence-corrected chi connectivity index (χ4v) is 5.64. The number of alkyl halides is 3. The second-order valence-corrected chi connectivity index (χ2v) is 10.6. The molecule has 0 bridgehead atoms. The largest absolute Gasteiger partial charge is 0.501 e. The van der Waals surface area contributed by atoms with Gasteiger partial charge in [0, 0.05) is 19.0 Å². The summed E-state index contributed by atoms with van der Waals surface area (Å²) in [7, 11) is -3.29. The summed E-state index contributed by atoms with van der Waals surface area (Å²) in [6, 6.07) is 24.0. The third kappa shape index (κ3) is 4.99. The van der Waals surface area contributed by atoms with E-state index in [1.165, 1.54) is 11.6 Å². The smallest absolute Gasteiger partial charge is 0.302 e. The Morgan fingerprint density at radius 1 is 0.939 bits per heavy atom. The quantitative estimate of drug-likeness (QED) is 0.454. The van der Waals surface area contributed by atoms with Gasteiger partial charge in [0.15, 0.2) is 0 Å². The lowest BCUT2D eigenvalue weighted by atomic mass is 9.71. The maximum atomic E-state index is 13.1. The molecule has 3 nitrogen and oxygen atoms in total. The minimum Gasteiger partial charge on any atom is -0.302 e. The molecule has 3 aromatic carbocycles. The van der Waals surface area contributed by atoms with Crippen LogP contribution in [0.15, 0.2) is 83.8 Å². The van der Waals surface area contributed by atoms with Crippen LogP contribution >= 0.6 is 0 Å². The number of hydrogen-bond donors (Lipinski definition) is 0. The zero-order chi connectivity index (χ0) is 23.6. The van der Waals surface area contributed by atoms with Crippen LogP contribution in [-0.2, 0) is 22.8 Å². The molecule has 33 heavy (non-hydrogen) atoms. The highest BCUT2D eigenvalue weighted by Gasteiger charge is 2.47. The van der Waals surface area contributed by atoms with Gasteiger partial charge in [0.2, 0.25) is 0 Å². The summed E-state index contributed by atoms with van der Waals surface area (Å²) < 4.78 is 63.1. The highest BCUT2D eigenvalue weighted by Crippen LogP contribution is 2.43. The van der Waals surface area contributed by atoms with Gasteiger partial charge in [0.25, 0.3) is 9.84 Å². The number of halogens is 3. The van der Waals surface area contributed by atoms with Crippen LogP contribution in [0.1, 0.15) is 34.6 Å². The van der Waals surface area contributed by atoms with Crippen molar-refractivity contribution in [2.75, 3.05) is 13.6 Å². The Balaban J connectivity index is 1.66. The predicted molar refractivity (Wildman–Crippen MR) is 123 cm³/mol. The summed E-state index contributed by atoms with van der Waals surface area (Å²) in [5.74, 6) is 0.231. The minimum absolute atomic E-state index is 0.0178. The summed E-state index contributed by atoms with van der Waals surface area (Å²) in [6.07, 6.45) is 1.31. The first-order valence-corrected chi connectivity index (χ1v) is 12.4. The van der Waals surface area contributed by atoms with E-state index in [0.29, 0.717) is 12.0 Å². The van der Waals surface area contributed by atoms with Crippen LogP contribution in [0, 0.1) is 5.92 Å². The van der Waals surface area contributed by atoms with Gasteiger partial charge >= 0.3 is 5.51 Å². The maximum Gasteiger partial charge on any atom is 0.501 e. The maximum absolute atomic E-state index is 13.1. The fraction of sp³-hybridized carbons (Fsp3) is 0.308. The highest BCUT2D eigenvalue weighted by atomic mass is 32.2. The van der Waals surface area contributed by atoms with Gasteiger partial charge in [-0.05, 0) is 60.2 Å². The molecule has 0 saturated carbocycles. The van der Waals surface area contributed by atoms with E-state index in [0.717, 1.165) is 36.7 Å². The lowest BCUT2D eigenvalue weighted by molar-refractivity contribution is -0.0436. The Morgan fingerprint density at radius 3 is 2.21 bits per heavy atom. The molecule has 0 heterocycles. The van der Waals surface area contributed by atoms with Crippen molar-refractivity contribution in [3.8, 4) is 0 Å². The Hall–Kier alpha value is -2.64. The Kier molecular flexibility index (Phi) is 6.64. The normalized spacial score (nSPS) is 18.8. The van der Waals surface area contributed by atoms with Crippen molar-refractivity contribution in [3.63, 3.8) is 0 Å². The minimum atomic E-state index is -5.37. The topological polar surface area (TPSA) is 37.4 Å². The molecule has 7 heteroatoms. The molecule has 1 aliphatic rings. The van der Waals surface area contributed by atoms with Gasteiger partial charge in [0.1, 0.15) is 0 Å². The van der Waals surface area contributed by atoms with Crippen LogP contribution < -0.4 is 0 Å². The van der Waals surface area contributed by atoms with Crippen molar-refractivity contribution in [3.05, 3.63) is 101 Å². The van der Waals surface area contributed by atoms with Gasteiger partial charge in [-0.3, -0.25) is 0 Å². The van der Waals surface area contributed by atoms with Crippen LogP contribution in [0.4, 0.5) is 13.2 Å². The van der Waals surface area contributed by atoms with Gasteiger partial charge in [-0.1, -0.05) is 66.7 Å². The number of fused-ring (bicyclic) bond motifs is 1. The second-order valence-electron chi connectivity index (χ2n) is 8.68. The highest BCUT2D eigenvalue weighted by molar-refractivity contribution is 7.92. The first kappa shape index (κ1) is 23.5. The fourth-order valence-electron chi connectivity index (χ4n) is 4.83. The van der Waals surface area contributed by atoms with Gasteiger partial charge in [-0.25, -0.2) is 8.42 Å². The molecule has 174 valence electrons. The summed E-state index contributed by atoms with van der Waals surface area (Å²) in [5, 5.41) is 0. The molecule has 0 radical (unpaired) electrons. The van der Waals surface area contributed by atoms with E-state index in [1.807, 2.05) is 48.5 Å². The van der Waals surface area contributed by atoms with E-state index in [2.05, 4.69) is 24.1 Å². The van der Waals surface area contributed by atoms with Gasteiger partial charge in [-0.2, -0.15) is 13.2 Å². The molecule has 3 aromatic rings. The van der Waals surface area contributed by atoms with Gasteiger partial charge < -0.3 is 4.90 Å². The van der Waals surface area contributed by atoms with Crippen LogP contribution in [0.2, 0.25) is 0 Å². The molecule has 0 N–H and O–H groups in total. The summed E-state index contributed by atoms with van der Waals surface area (Å²) in [6.45, 7) is 1.62. The van der Waals surface area contributed by atoms with Crippen LogP contribution in [0.25, 0.3) is 0 Å². The number of benzene rings is 3. The molecular formula is C26H26F3NO2S. The molecule has 0 aromatic heterocycles. The second kappa shape index (κ2) is 9.31. The van der Waals surface area contributed by atoms with E-state index < -0.39 is 20.2 Å². The van der Waals surface area contributed by atoms with Crippen LogP contribution in [-0.4, -0.2) is 32.4 Å².